The molecule has 0 radical (unpaired) electrons. The van der Waals surface area contributed by atoms with Crippen molar-refractivity contribution in [1.29, 1.82) is 0 Å². The van der Waals surface area contributed by atoms with Crippen molar-refractivity contribution in [2.45, 2.75) is 32.9 Å². The average Bonchev–Trinajstić information content (AvgIpc) is 3.32. The lowest BCUT2D eigenvalue weighted by Gasteiger charge is -2.08. The molecule has 0 spiro atoms. The van der Waals surface area contributed by atoms with Crippen LogP contribution in [0.25, 0.3) is 28.0 Å². The van der Waals surface area contributed by atoms with Crippen molar-refractivity contribution in [2.75, 3.05) is 14.2 Å². The van der Waals surface area contributed by atoms with Gasteiger partial charge in [-0.25, -0.2) is 9.97 Å². The Labute approximate surface area is 179 Å². The van der Waals surface area contributed by atoms with Crippen molar-refractivity contribution in [3.63, 3.8) is 0 Å². The van der Waals surface area contributed by atoms with Crippen molar-refractivity contribution in [3.05, 3.63) is 42.4 Å². The van der Waals surface area contributed by atoms with Crippen LogP contribution in [-0.4, -0.2) is 54.9 Å². The number of fused-ring (bicyclic) bond motifs is 1. The van der Waals surface area contributed by atoms with Crippen molar-refractivity contribution in [2.24, 2.45) is 0 Å². The van der Waals surface area contributed by atoms with E-state index in [9.17, 15) is 10.2 Å². The molecule has 4 aromatic rings. The van der Waals surface area contributed by atoms with Crippen LogP contribution in [0.5, 0.6) is 17.5 Å². The minimum Gasteiger partial charge on any atom is -0.494 e. The first-order valence-corrected chi connectivity index (χ1v) is 9.99. The van der Waals surface area contributed by atoms with E-state index in [1.54, 1.807) is 35.7 Å². The van der Waals surface area contributed by atoms with Crippen molar-refractivity contribution < 1.29 is 19.7 Å². The van der Waals surface area contributed by atoms with E-state index in [1.165, 1.54) is 7.11 Å². The van der Waals surface area contributed by atoms with Crippen LogP contribution in [0, 0.1) is 0 Å². The summed E-state index contributed by atoms with van der Waals surface area (Å²) >= 11 is 0. The molecule has 0 amide bonds. The molecule has 0 aromatic carbocycles. The molecule has 0 aliphatic heterocycles. The van der Waals surface area contributed by atoms with Crippen LogP contribution in [0.2, 0.25) is 0 Å². The van der Waals surface area contributed by atoms with Crippen LogP contribution >= 0.6 is 0 Å². The summed E-state index contributed by atoms with van der Waals surface area (Å²) in [5, 5.41) is 25.7. The molecule has 0 aliphatic carbocycles. The van der Waals surface area contributed by atoms with E-state index in [1.807, 2.05) is 31.2 Å². The van der Waals surface area contributed by atoms with Gasteiger partial charge >= 0.3 is 0 Å². The maximum atomic E-state index is 10.8. The predicted molar refractivity (Wildman–Crippen MR) is 116 cm³/mol. The highest BCUT2D eigenvalue weighted by molar-refractivity contribution is 5.87. The number of aliphatic hydroxyl groups excluding tert-OH is 1. The van der Waals surface area contributed by atoms with E-state index in [4.69, 9.17) is 9.47 Å². The van der Waals surface area contributed by atoms with Gasteiger partial charge in [-0.05, 0) is 31.5 Å². The smallest absolute Gasteiger partial charge is 0.256 e. The number of rotatable bonds is 7. The number of pyridine rings is 2. The monoisotopic (exact) mass is 423 g/mol. The summed E-state index contributed by atoms with van der Waals surface area (Å²) in [5.74, 6) is 1.54. The number of hydrogen-bond donors (Lipinski definition) is 2. The van der Waals surface area contributed by atoms with Crippen LogP contribution in [0.1, 0.15) is 19.5 Å². The Morgan fingerprint density at radius 2 is 1.97 bits per heavy atom. The number of nitrogens with zero attached hydrogens (tertiary/aromatic N) is 5. The standard InChI is InChI=1S/C22H25N5O4/c1-5-15-9-20(25-27(15)11-13(2)28)26-12-18-16(22(26)29)6-7-17(24-18)14-8-19(30-3)21(31-4)23-10-14/h6-10,12-13,28-29H,5,11H2,1-4H3/t13-/m0/s1. The molecule has 0 unspecified atom stereocenters. The van der Waals surface area contributed by atoms with E-state index in [-0.39, 0.29) is 5.88 Å². The summed E-state index contributed by atoms with van der Waals surface area (Å²) in [5.41, 5.74) is 3.04. The van der Waals surface area contributed by atoms with Crippen LogP contribution in [-0.2, 0) is 13.0 Å². The second-order valence-electron chi connectivity index (χ2n) is 7.27. The normalized spacial score (nSPS) is 12.3. The fourth-order valence-corrected chi connectivity index (χ4v) is 3.53. The lowest BCUT2D eigenvalue weighted by atomic mass is 10.1. The Bertz CT molecular complexity index is 1230. The van der Waals surface area contributed by atoms with E-state index < -0.39 is 6.10 Å². The third kappa shape index (κ3) is 3.79. The molecule has 0 saturated carbocycles. The fraction of sp³-hybridized carbons (Fsp3) is 0.318. The van der Waals surface area contributed by atoms with Gasteiger partial charge in [0.1, 0.15) is 0 Å². The lowest BCUT2D eigenvalue weighted by molar-refractivity contribution is 0.167. The van der Waals surface area contributed by atoms with E-state index in [0.29, 0.717) is 40.6 Å². The van der Waals surface area contributed by atoms with Gasteiger partial charge < -0.3 is 19.7 Å². The second kappa shape index (κ2) is 8.27. The molecule has 31 heavy (non-hydrogen) atoms. The second-order valence-corrected chi connectivity index (χ2v) is 7.27. The summed E-state index contributed by atoms with van der Waals surface area (Å²) in [7, 11) is 3.09. The Kier molecular flexibility index (Phi) is 5.51. The maximum absolute atomic E-state index is 10.8. The van der Waals surface area contributed by atoms with Gasteiger partial charge in [-0.1, -0.05) is 6.92 Å². The molecular weight excluding hydrogens is 398 g/mol. The SMILES string of the molecule is CCc1cc(-n2cc3nc(-c4cnc(OC)c(OC)c4)ccc3c2O)nn1C[C@H](C)O. The van der Waals surface area contributed by atoms with E-state index in [2.05, 4.69) is 15.1 Å². The summed E-state index contributed by atoms with van der Waals surface area (Å²) in [4.78, 5) is 8.95. The van der Waals surface area contributed by atoms with Gasteiger partial charge in [0.25, 0.3) is 5.88 Å². The number of aliphatic hydroxyl groups is 1. The van der Waals surface area contributed by atoms with Crippen molar-refractivity contribution in [1.82, 2.24) is 24.3 Å². The third-order valence-corrected chi connectivity index (χ3v) is 5.07. The Morgan fingerprint density at radius 1 is 1.16 bits per heavy atom. The molecule has 4 rings (SSSR count). The molecule has 0 aliphatic rings. The highest BCUT2D eigenvalue weighted by Gasteiger charge is 2.17. The number of ether oxygens (including phenoxy) is 2. The third-order valence-electron chi connectivity index (χ3n) is 5.07. The van der Waals surface area contributed by atoms with Crippen LogP contribution in [0.3, 0.4) is 0 Å². The first kappa shape index (κ1) is 20.7. The summed E-state index contributed by atoms with van der Waals surface area (Å²) in [6.07, 6.45) is 3.65. The highest BCUT2D eigenvalue weighted by atomic mass is 16.5. The molecule has 4 aromatic heterocycles. The molecule has 4 heterocycles. The first-order chi connectivity index (χ1) is 14.9. The van der Waals surface area contributed by atoms with Crippen LogP contribution in [0.15, 0.2) is 36.7 Å². The van der Waals surface area contributed by atoms with Crippen molar-refractivity contribution in [3.8, 4) is 34.6 Å². The van der Waals surface area contributed by atoms with Gasteiger partial charge in [0.05, 0.1) is 43.5 Å². The molecule has 162 valence electrons. The molecule has 9 nitrogen and oxygen atoms in total. The topological polar surface area (TPSA) is 107 Å². The summed E-state index contributed by atoms with van der Waals surface area (Å²) in [6, 6.07) is 7.34. The minimum absolute atomic E-state index is 0.0591. The van der Waals surface area contributed by atoms with Gasteiger partial charge in [-0.2, -0.15) is 5.10 Å². The molecular formula is C22H25N5O4. The van der Waals surface area contributed by atoms with E-state index in [0.717, 1.165) is 17.7 Å². The minimum atomic E-state index is -0.519. The van der Waals surface area contributed by atoms with Gasteiger partial charge in [0, 0.05) is 29.7 Å². The van der Waals surface area contributed by atoms with Gasteiger partial charge in [0.15, 0.2) is 11.6 Å². The number of methoxy groups -OCH3 is 2. The highest BCUT2D eigenvalue weighted by Crippen LogP contribution is 2.33. The first-order valence-electron chi connectivity index (χ1n) is 9.99. The lowest BCUT2D eigenvalue weighted by Crippen LogP contribution is -2.15. The summed E-state index contributed by atoms with van der Waals surface area (Å²) in [6.45, 7) is 4.13. The van der Waals surface area contributed by atoms with Crippen LogP contribution in [0.4, 0.5) is 0 Å². The maximum Gasteiger partial charge on any atom is 0.256 e. The number of hydrogen-bond acceptors (Lipinski definition) is 7. The zero-order chi connectivity index (χ0) is 22.1. The van der Waals surface area contributed by atoms with Gasteiger partial charge in [-0.3, -0.25) is 9.25 Å². The Morgan fingerprint density at radius 3 is 2.65 bits per heavy atom. The quantitative estimate of drug-likeness (QED) is 0.470. The predicted octanol–water partition coefficient (Wildman–Crippen LogP) is 2.95. The molecule has 9 heteroatoms. The van der Waals surface area contributed by atoms with E-state index >= 15 is 0 Å². The molecule has 2 N–H and O–H groups in total. The zero-order valence-corrected chi connectivity index (χ0v) is 17.9. The van der Waals surface area contributed by atoms with Crippen molar-refractivity contribution >= 4 is 10.9 Å². The number of aromatic nitrogens is 5. The van der Waals surface area contributed by atoms with Gasteiger partial charge in [0.2, 0.25) is 5.88 Å². The molecule has 1 atom stereocenters. The van der Waals surface area contributed by atoms with Gasteiger partial charge in [-0.15, -0.1) is 0 Å². The largest absolute Gasteiger partial charge is 0.494 e. The average molecular weight is 423 g/mol. The summed E-state index contributed by atoms with van der Waals surface area (Å²) < 4.78 is 13.9. The molecule has 0 fully saturated rings. The zero-order valence-electron chi connectivity index (χ0n) is 17.9. The fourth-order valence-electron chi connectivity index (χ4n) is 3.53. The Hall–Kier alpha value is -3.59. The number of aromatic hydroxyl groups is 1. The van der Waals surface area contributed by atoms with Crippen LogP contribution < -0.4 is 9.47 Å². The molecule has 0 saturated heterocycles. The Balaban J connectivity index is 1.76. The number of aryl methyl sites for hydroxylation is 1. The molecule has 0 bridgehead atoms.